The van der Waals surface area contributed by atoms with Gasteiger partial charge in [0.15, 0.2) is 0 Å². The molecule has 35 heavy (non-hydrogen) atoms. The number of aromatic amines is 1. The van der Waals surface area contributed by atoms with Crippen molar-refractivity contribution in [1.29, 1.82) is 0 Å². The summed E-state index contributed by atoms with van der Waals surface area (Å²) in [6.07, 6.45) is 3.71. The second kappa shape index (κ2) is 11.1. The molecule has 1 fully saturated rings. The number of nitrogens with zero attached hydrogens (tertiary/aromatic N) is 2. The number of benzene rings is 1. The quantitative estimate of drug-likeness (QED) is 0.472. The van der Waals surface area contributed by atoms with E-state index in [-0.39, 0.29) is 23.5 Å². The number of carbonyl (C=O) groups is 1. The first-order chi connectivity index (χ1) is 16.8. The zero-order valence-corrected chi connectivity index (χ0v) is 19.5. The Morgan fingerprint density at radius 1 is 1.23 bits per heavy atom. The molecule has 0 bridgehead atoms. The van der Waals surface area contributed by atoms with Crippen molar-refractivity contribution in [2.45, 2.75) is 37.9 Å². The van der Waals surface area contributed by atoms with Crippen LogP contribution in [0.4, 0.5) is 19.0 Å². The summed E-state index contributed by atoms with van der Waals surface area (Å²) in [6, 6.07) is 5.23. The lowest BCUT2D eigenvalue weighted by Crippen LogP contribution is -2.25. The lowest BCUT2D eigenvalue weighted by molar-refractivity contribution is -0.131. The Balaban J connectivity index is 1.66. The van der Waals surface area contributed by atoms with E-state index in [1.807, 2.05) is 6.08 Å². The largest absolute Gasteiger partial charge is 0.390 e. The number of rotatable bonds is 7. The number of aromatic nitrogens is 3. The molecule has 7 nitrogen and oxygen atoms in total. The molecule has 2 heterocycles. The predicted molar refractivity (Wildman–Crippen MR) is 128 cm³/mol. The summed E-state index contributed by atoms with van der Waals surface area (Å²) in [5.74, 6) is 0.0928. The molecule has 1 aromatic carbocycles. The number of anilines is 1. The normalized spacial score (nSPS) is 15.7. The summed E-state index contributed by atoms with van der Waals surface area (Å²) in [6.45, 7) is 0.654. The number of alkyl halides is 3. The molecule has 2 aromatic rings. The van der Waals surface area contributed by atoms with Crippen LogP contribution in [0.5, 0.6) is 0 Å². The lowest BCUT2D eigenvalue weighted by Gasteiger charge is -2.14. The molecule has 186 valence electrons. The Morgan fingerprint density at radius 2 is 2.06 bits per heavy atom. The van der Waals surface area contributed by atoms with E-state index < -0.39 is 12.6 Å². The van der Waals surface area contributed by atoms with Crippen molar-refractivity contribution in [3.05, 3.63) is 59.1 Å². The molecule has 1 aromatic heterocycles. The van der Waals surface area contributed by atoms with Crippen molar-refractivity contribution >= 4 is 28.9 Å². The van der Waals surface area contributed by atoms with Crippen LogP contribution in [0.25, 0.3) is 16.8 Å². The molecule has 1 amide bonds. The van der Waals surface area contributed by atoms with E-state index in [1.54, 1.807) is 24.4 Å². The van der Waals surface area contributed by atoms with Gasteiger partial charge in [-0.05, 0) is 37.0 Å². The minimum absolute atomic E-state index is 0.213. The van der Waals surface area contributed by atoms with Crippen molar-refractivity contribution < 1.29 is 22.7 Å². The van der Waals surface area contributed by atoms with Gasteiger partial charge in [0.1, 0.15) is 5.82 Å². The molecular weight excluding hydrogens is 483 g/mol. The van der Waals surface area contributed by atoms with Gasteiger partial charge in [0.25, 0.3) is 5.91 Å². The van der Waals surface area contributed by atoms with Gasteiger partial charge in [-0.15, -0.1) is 0 Å². The highest BCUT2D eigenvalue weighted by Crippen LogP contribution is 2.26. The maximum Gasteiger partial charge on any atom is 0.390 e. The zero-order chi connectivity index (χ0) is 24.8. The Bertz CT molecular complexity index is 1160. The highest BCUT2D eigenvalue weighted by molar-refractivity contribution is 6.34. The lowest BCUT2D eigenvalue weighted by atomic mass is 10.1. The van der Waals surface area contributed by atoms with Gasteiger partial charge in [0.2, 0.25) is 0 Å². The first kappa shape index (κ1) is 25.0. The number of hydrogen-bond acceptors (Lipinski definition) is 5. The molecule has 0 atom stereocenters. The first-order valence-electron chi connectivity index (χ1n) is 11.3. The summed E-state index contributed by atoms with van der Waals surface area (Å²) >= 11 is 6.40. The van der Waals surface area contributed by atoms with Gasteiger partial charge in [-0.25, -0.2) is 0 Å². The fourth-order valence-electron chi connectivity index (χ4n) is 3.42. The van der Waals surface area contributed by atoms with Crippen LogP contribution in [0.2, 0.25) is 5.02 Å². The maximum atomic E-state index is 12.6. The molecule has 2 aliphatic rings. The maximum absolute atomic E-state index is 12.6. The van der Waals surface area contributed by atoms with Gasteiger partial charge in [0.05, 0.1) is 60.2 Å². The fourth-order valence-corrected chi connectivity index (χ4v) is 3.69. The van der Waals surface area contributed by atoms with Gasteiger partial charge in [-0.2, -0.15) is 13.2 Å². The fraction of sp³-hybridized carbons (Fsp3) is 0.375. The van der Waals surface area contributed by atoms with Gasteiger partial charge in [-0.3, -0.25) is 14.8 Å². The van der Waals surface area contributed by atoms with Gasteiger partial charge in [0, 0.05) is 18.2 Å². The number of ether oxygens (including phenoxy) is 1. The summed E-state index contributed by atoms with van der Waals surface area (Å²) in [5.41, 5.74) is 3.04. The van der Waals surface area contributed by atoms with Crippen LogP contribution in [0.3, 0.4) is 0 Å². The monoisotopic (exact) mass is 507 g/mol. The summed E-state index contributed by atoms with van der Waals surface area (Å²) in [5, 5.41) is 5.95. The van der Waals surface area contributed by atoms with E-state index in [0.29, 0.717) is 48.0 Å². The Hall–Kier alpha value is -3.11. The average molecular weight is 508 g/mol. The van der Waals surface area contributed by atoms with Crippen LogP contribution < -0.4 is 10.6 Å². The molecule has 11 heteroatoms. The smallest absolute Gasteiger partial charge is 0.377 e. The number of amides is 1. The third kappa shape index (κ3) is 7.43. The SMILES string of the molecule is O=C(NC1CC1)c1ccc(-c2cncc(NCCC(F)(F)F)[nH]c(C3=CCOCC3)cn2)cc1Cl. The molecule has 1 aliphatic carbocycles. The summed E-state index contributed by atoms with van der Waals surface area (Å²) in [7, 11) is 0. The second-order valence-electron chi connectivity index (χ2n) is 8.29. The van der Waals surface area contributed by atoms with Crippen molar-refractivity contribution in [2.24, 2.45) is 0 Å². The van der Waals surface area contributed by atoms with Crippen LogP contribution in [-0.4, -0.2) is 52.8 Å². The number of nitrogens with one attached hydrogen (secondary N) is 3. The standard InChI is InChI=1S/C24H25ClF3N5O2/c25-19-11-16(1-4-18(19)23(34)32-17-2-3-17)20-12-29-14-22(30-8-7-24(26,27)28)33-21(13-31-20)15-5-9-35-10-6-15/h1,4-5,11-14,17,30,33H,2-3,6-10H2,(H,32,34). The molecular formula is C24H25ClF3N5O2. The molecule has 0 radical (unpaired) electrons. The van der Waals surface area contributed by atoms with Crippen molar-refractivity contribution in [1.82, 2.24) is 20.3 Å². The van der Waals surface area contributed by atoms with Crippen molar-refractivity contribution in [3.63, 3.8) is 0 Å². The summed E-state index contributed by atoms with van der Waals surface area (Å²) < 4.78 is 43.2. The molecule has 1 aliphatic heterocycles. The molecule has 4 rings (SSSR count). The van der Waals surface area contributed by atoms with Crippen LogP contribution in [0.15, 0.2) is 42.9 Å². The topological polar surface area (TPSA) is 91.9 Å². The Morgan fingerprint density at radius 3 is 2.74 bits per heavy atom. The molecule has 1 saturated carbocycles. The van der Waals surface area contributed by atoms with Gasteiger partial charge in [-0.1, -0.05) is 23.7 Å². The van der Waals surface area contributed by atoms with Crippen molar-refractivity contribution in [3.8, 4) is 11.3 Å². The van der Waals surface area contributed by atoms with Crippen LogP contribution >= 0.6 is 11.6 Å². The molecule has 3 N–H and O–H groups in total. The summed E-state index contributed by atoms with van der Waals surface area (Å²) in [4.78, 5) is 24.3. The highest BCUT2D eigenvalue weighted by Gasteiger charge is 2.26. The van der Waals surface area contributed by atoms with E-state index in [1.165, 1.54) is 12.4 Å². The molecule has 0 unspecified atom stereocenters. The number of carbonyl (C=O) groups excluding carboxylic acids is 1. The van der Waals surface area contributed by atoms with Crippen LogP contribution in [0.1, 0.15) is 41.7 Å². The van der Waals surface area contributed by atoms with E-state index >= 15 is 0 Å². The molecule has 0 saturated heterocycles. The number of hydrogen-bond donors (Lipinski definition) is 3. The minimum atomic E-state index is -4.27. The van der Waals surface area contributed by atoms with E-state index in [4.69, 9.17) is 16.3 Å². The second-order valence-corrected chi connectivity index (χ2v) is 8.70. The Kier molecular flexibility index (Phi) is 7.92. The zero-order valence-electron chi connectivity index (χ0n) is 18.8. The van der Waals surface area contributed by atoms with E-state index in [2.05, 4.69) is 25.6 Å². The van der Waals surface area contributed by atoms with Crippen LogP contribution in [-0.2, 0) is 4.74 Å². The van der Waals surface area contributed by atoms with Crippen LogP contribution in [0, 0.1) is 0 Å². The average Bonchev–Trinajstić information content (AvgIpc) is 3.61. The van der Waals surface area contributed by atoms with E-state index in [9.17, 15) is 18.0 Å². The van der Waals surface area contributed by atoms with Gasteiger partial charge < -0.3 is 20.4 Å². The van der Waals surface area contributed by atoms with E-state index in [0.717, 1.165) is 18.4 Å². The number of halogens is 4. The van der Waals surface area contributed by atoms with Gasteiger partial charge >= 0.3 is 6.18 Å². The predicted octanol–water partition coefficient (Wildman–Crippen LogP) is 5.31. The Labute approximate surface area is 205 Å². The number of H-pyrrole nitrogens is 1. The van der Waals surface area contributed by atoms with Crippen molar-refractivity contribution in [2.75, 3.05) is 25.1 Å². The minimum Gasteiger partial charge on any atom is -0.377 e. The third-order valence-electron chi connectivity index (χ3n) is 5.46. The first-order valence-corrected chi connectivity index (χ1v) is 11.6. The highest BCUT2D eigenvalue weighted by atomic mass is 35.5. The third-order valence-corrected chi connectivity index (χ3v) is 5.77. The molecule has 0 spiro atoms.